The highest BCUT2D eigenvalue weighted by atomic mass is 32.2. The van der Waals surface area contributed by atoms with Gasteiger partial charge in [0.15, 0.2) is 10.8 Å². The van der Waals surface area contributed by atoms with Crippen LogP contribution in [0.5, 0.6) is 0 Å². The Hall–Kier alpha value is -4.17. The van der Waals surface area contributed by atoms with E-state index in [0.29, 0.717) is 0 Å². The minimum atomic E-state index is -4.99. The van der Waals surface area contributed by atoms with E-state index in [2.05, 4.69) is 31.0 Å². The van der Waals surface area contributed by atoms with Crippen LogP contribution >= 0.6 is 11.3 Å². The van der Waals surface area contributed by atoms with Gasteiger partial charge in [0.25, 0.3) is 11.8 Å². The average molecular weight is 659 g/mol. The predicted molar refractivity (Wildman–Crippen MR) is 154 cm³/mol. The van der Waals surface area contributed by atoms with Crippen LogP contribution in [0.15, 0.2) is 22.9 Å². The second-order valence-electron chi connectivity index (χ2n) is 11.9. The lowest BCUT2D eigenvalue weighted by molar-refractivity contribution is -0.179. The number of esters is 1. The Morgan fingerprint density at radius 2 is 1.64 bits per heavy atom. The molecule has 3 N–H and O–H groups in total. The van der Waals surface area contributed by atoms with Crippen molar-refractivity contribution < 1.29 is 46.5 Å². The van der Waals surface area contributed by atoms with E-state index < -0.39 is 68.8 Å². The molecule has 20 heteroatoms. The summed E-state index contributed by atoms with van der Waals surface area (Å²) >= 11 is 0.905. The minimum Gasteiger partial charge on any atom is -0.457 e. The van der Waals surface area contributed by atoms with Gasteiger partial charge >= 0.3 is 22.4 Å². The SMILES string of the molecule is CC(C)(C)OC(=O)Nc1nc(C(=NOC(C)(C)C(=O)OC(C)(C)C)C(=O)N[C@@H]2C(=O)N(S(=O)(=O)O)[C@@H]2Cn2nccn2)cs1. The summed E-state index contributed by atoms with van der Waals surface area (Å²) < 4.78 is 44.0. The molecule has 2 atom stereocenters. The molecule has 0 spiro atoms. The molecule has 0 bridgehead atoms. The molecule has 3 heterocycles. The lowest BCUT2D eigenvalue weighted by atomic mass is 9.98. The molecule has 1 aliphatic rings. The number of β-lactam (4-membered cyclic amide) rings is 1. The van der Waals surface area contributed by atoms with Crippen LogP contribution in [0.1, 0.15) is 61.1 Å². The number of oxime groups is 1. The second-order valence-corrected chi connectivity index (χ2v) is 14.1. The number of anilines is 1. The maximum atomic E-state index is 13.5. The van der Waals surface area contributed by atoms with Crippen LogP contribution < -0.4 is 10.6 Å². The van der Waals surface area contributed by atoms with Gasteiger partial charge in [0.1, 0.15) is 29.0 Å². The van der Waals surface area contributed by atoms with Crippen LogP contribution in [0.3, 0.4) is 0 Å². The Morgan fingerprint density at radius 3 is 2.18 bits per heavy atom. The fourth-order valence-corrected chi connectivity index (χ4v) is 5.04. The Balaban J connectivity index is 1.92. The first-order chi connectivity index (χ1) is 20.1. The third kappa shape index (κ3) is 8.92. The van der Waals surface area contributed by atoms with Crippen molar-refractivity contribution in [3.63, 3.8) is 0 Å². The Bertz CT molecular complexity index is 1540. The maximum Gasteiger partial charge on any atom is 0.413 e. The number of hydrogen-bond acceptors (Lipinski definition) is 14. The summed E-state index contributed by atoms with van der Waals surface area (Å²) in [5.74, 6) is -3.01. The largest absolute Gasteiger partial charge is 0.457 e. The van der Waals surface area contributed by atoms with Gasteiger partial charge in [-0.2, -0.15) is 23.4 Å². The molecule has 1 saturated heterocycles. The molecular formula is C24H34N8O10S2. The quantitative estimate of drug-likeness (QED) is 0.107. The number of aromatic nitrogens is 4. The van der Waals surface area contributed by atoms with E-state index in [1.807, 2.05) is 0 Å². The fraction of sp³-hybridized carbons (Fsp3) is 0.583. The van der Waals surface area contributed by atoms with Gasteiger partial charge in [-0.05, 0) is 55.4 Å². The summed E-state index contributed by atoms with van der Waals surface area (Å²) in [4.78, 5) is 61.8. The van der Waals surface area contributed by atoms with Gasteiger partial charge in [0, 0.05) is 5.38 Å². The van der Waals surface area contributed by atoms with Crippen molar-refractivity contribution in [2.45, 2.75) is 90.8 Å². The number of carbonyl (C=O) groups is 4. The Kier molecular flexibility index (Phi) is 9.71. The molecule has 0 saturated carbocycles. The van der Waals surface area contributed by atoms with Crippen LogP contribution in [0.4, 0.5) is 9.93 Å². The van der Waals surface area contributed by atoms with Gasteiger partial charge in [-0.25, -0.2) is 18.9 Å². The normalized spacial score (nSPS) is 17.9. The highest BCUT2D eigenvalue weighted by molar-refractivity contribution is 7.84. The van der Waals surface area contributed by atoms with Crippen molar-refractivity contribution in [3.05, 3.63) is 23.5 Å². The third-order valence-electron chi connectivity index (χ3n) is 5.35. The number of nitrogens with zero attached hydrogens (tertiary/aromatic N) is 6. The number of nitrogens with one attached hydrogen (secondary N) is 2. The molecule has 3 rings (SSSR count). The van der Waals surface area contributed by atoms with E-state index in [1.54, 1.807) is 41.5 Å². The van der Waals surface area contributed by atoms with Gasteiger partial charge in [-0.3, -0.25) is 19.5 Å². The number of rotatable bonds is 10. The number of amides is 3. The van der Waals surface area contributed by atoms with Crippen LogP contribution in [-0.4, -0.2) is 95.7 Å². The number of ether oxygens (including phenoxy) is 2. The van der Waals surface area contributed by atoms with Crippen molar-refractivity contribution in [1.82, 2.24) is 29.6 Å². The van der Waals surface area contributed by atoms with E-state index in [1.165, 1.54) is 31.6 Å². The Labute approximate surface area is 257 Å². The van der Waals surface area contributed by atoms with Gasteiger partial charge < -0.3 is 19.6 Å². The maximum absolute atomic E-state index is 13.5. The van der Waals surface area contributed by atoms with Crippen LogP contribution in [0, 0.1) is 0 Å². The first-order valence-electron chi connectivity index (χ1n) is 13.0. The highest BCUT2D eigenvalue weighted by Gasteiger charge is 2.54. The first kappa shape index (κ1) is 34.3. The summed E-state index contributed by atoms with van der Waals surface area (Å²) in [5, 5.41) is 17.7. The molecule has 242 valence electrons. The van der Waals surface area contributed by atoms with E-state index in [9.17, 15) is 32.1 Å². The molecule has 0 unspecified atom stereocenters. The molecular weight excluding hydrogens is 624 g/mol. The first-order valence-corrected chi connectivity index (χ1v) is 15.3. The van der Waals surface area contributed by atoms with Crippen LogP contribution in [0.2, 0.25) is 0 Å². The zero-order valence-corrected chi connectivity index (χ0v) is 26.8. The lowest BCUT2D eigenvalue weighted by Crippen LogP contribution is -2.73. The Morgan fingerprint density at radius 1 is 1.05 bits per heavy atom. The topological polar surface area (TPSA) is 234 Å². The molecule has 2 aromatic heterocycles. The second kappa shape index (κ2) is 12.4. The van der Waals surface area contributed by atoms with Gasteiger partial charge in [-0.15, -0.1) is 11.3 Å². The summed E-state index contributed by atoms with van der Waals surface area (Å²) in [6.07, 6.45) is 1.81. The van der Waals surface area contributed by atoms with Gasteiger partial charge in [-0.1, -0.05) is 5.16 Å². The van der Waals surface area contributed by atoms with Gasteiger partial charge in [0.05, 0.1) is 18.9 Å². The van der Waals surface area contributed by atoms with Crippen molar-refractivity contribution in [2.24, 2.45) is 5.16 Å². The zero-order chi connectivity index (χ0) is 33.3. The fourth-order valence-electron chi connectivity index (χ4n) is 3.49. The summed E-state index contributed by atoms with van der Waals surface area (Å²) in [6.45, 7) is 12.3. The molecule has 2 aromatic rings. The molecule has 1 aliphatic heterocycles. The summed E-state index contributed by atoms with van der Waals surface area (Å²) in [5.41, 5.74) is -4.03. The summed E-state index contributed by atoms with van der Waals surface area (Å²) in [7, 11) is -4.99. The third-order valence-corrected chi connectivity index (χ3v) is 7.05. The van der Waals surface area contributed by atoms with E-state index in [-0.39, 0.29) is 21.7 Å². The molecule has 0 radical (unpaired) electrons. The van der Waals surface area contributed by atoms with Crippen molar-refractivity contribution in [3.8, 4) is 0 Å². The van der Waals surface area contributed by atoms with Gasteiger partial charge in [0.2, 0.25) is 5.60 Å². The molecule has 3 amide bonds. The molecule has 44 heavy (non-hydrogen) atoms. The monoisotopic (exact) mass is 658 g/mol. The van der Waals surface area contributed by atoms with Crippen molar-refractivity contribution in [2.75, 3.05) is 5.32 Å². The molecule has 0 aliphatic carbocycles. The lowest BCUT2D eigenvalue weighted by Gasteiger charge is -2.43. The van der Waals surface area contributed by atoms with E-state index in [0.717, 1.165) is 16.1 Å². The van der Waals surface area contributed by atoms with Crippen molar-refractivity contribution >= 4 is 56.4 Å². The molecule has 18 nitrogen and oxygen atoms in total. The van der Waals surface area contributed by atoms with E-state index >= 15 is 0 Å². The highest BCUT2D eigenvalue weighted by Crippen LogP contribution is 2.26. The van der Waals surface area contributed by atoms with Crippen molar-refractivity contribution in [1.29, 1.82) is 0 Å². The average Bonchev–Trinajstić information content (AvgIpc) is 3.51. The molecule has 1 fully saturated rings. The summed E-state index contributed by atoms with van der Waals surface area (Å²) in [6, 6.07) is -2.79. The number of hydrogen-bond donors (Lipinski definition) is 3. The zero-order valence-electron chi connectivity index (χ0n) is 25.2. The number of thiazole rings is 1. The van der Waals surface area contributed by atoms with Crippen LogP contribution in [0.25, 0.3) is 0 Å². The minimum absolute atomic E-state index is 0.0149. The van der Waals surface area contributed by atoms with E-state index in [4.69, 9.17) is 14.3 Å². The molecule has 0 aromatic carbocycles. The number of carbonyl (C=O) groups excluding carboxylic acids is 4. The van der Waals surface area contributed by atoms with Crippen LogP contribution in [-0.2, 0) is 45.5 Å². The standard InChI is InChI=1S/C24H34N8O10S2/c1-22(2,3)40-19(35)24(7,8)42-30-15(13-12-43-20(27-13)29-21(36)41-23(4,5)6)17(33)28-16-14(11-31-25-9-10-26-31)32(18(16)34)44(37,38)39/h9-10,12,14,16H,11H2,1-8H3,(H,28,33)(H,27,29,36)(H,37,38,39)/t14-,16+/m1/s1. The smallest absolute Gasteiger partial charge is 0.413 e. The predicted octanol–water partition coefficient (Wildman–Crippen LogP) is 1.12.